The van der Waals surface area contributed by atoms with Crippen LogP contribution in [-0.2, 0) is 16.6 Å². The molecule has 1 fully saturated rings. The van der Waals surface area contributed by atoms with Crippen LogP contribution in [0.1, 0.15) is 37.8 Å². The Morgan fingerprint density at radius 3 is 2.83 bits per heavy atom. The lowest BCUT2D eigenvalue weighted by atomic mass is 10.1. The number of nitrogens with one attached hydrogen (secondary N) is 2. The first-order valence-corrected chi connectivity index (χ1v) is 11.1. The standard InChI is InChI=1S/C19H24FN3O5S/c1-13(15-4-2-5-16(10-15)28-12-14-6-7-14)22-29(26,27)9-3-8-23-11-17(20)18(24)21-19(23)25/h2,4-5,10-11,13-14,22H,3,6-9,12H2,1H3,(H,21,24,25)/t13-/m1/s1. The number of nitrogens with zero attached hydrogens (tertiary/aromatic N) is 1. The van der Waals surface area contributed by atoms with Crippen molar-refractivity contribution in [2.75, 3.05) is 12.4 Å². The zero-order valence-corrected chi connectivity index (χ0v) is 16.9. The van der Waals surface area contributed by atoms with E-state index in [-0.39, 0.29) is 18.7 Å². The van der Waals surface area contributed by atoms with Gasteiger partial charge in [-0.25, -0.2) is 17.9 Å². The van der Waals surface area contributed by atoms with E-state index in [1.807, 2.05) is 29.2 Å². The third-order valence-corrected chi connectivity index (χ3v) is 6.22. The molecule has 0 spiro atoms. The van der Waals surface area contributed by atoms with E-state index in [9.17, 15) is 22.4 Å². The van der Waals surface area contributed by atoms with Crippen LogP contribution < -0.4 is 20.7 Å². The summed E-state index contributed by atoms with van der Waals surface area (Å²) in [5.74, 6) is -0.0107. The maximum Gasteiger partial charge on any atom is 0.328 e. The molecule has 1 aliphatic rings. The summed E-state index contributed by atoms with van der Waals surface area (Å²) in [5.41, 5.74) is -1.10. The van der Waals surface area contributed by atoms with Crippen molar-refractivity contribution in [2.24, 2.45) is 5.92 Å². The number of aromatic amines is 1. The van der Waals surface area contributed by atoms with Gasteiger partial charge >= 0.3 is 5.69 Å². The maximum absolute atomic E-state index is 13.3. The highest BCUT2D eigenvalue weighted by Gasteiger charge is 2.22. The van der Waals surface area contributed by atoms with E-state index in [4.69, 9.17) is 4.74 Å². The van der Waals surface area contributed by atoms with Crippen molar-refractivity contribution < 1.29 is 17.5 Å². The number of aromatic nitrogens is 2. The molecule has 10 heteroatoms. The molecule has 0 amide bonds. The number of hydrogen-bond acceptors (Lipinski definition) is 5. The summed E-state index contributed by atoms with van der Waals surface area (Å²) in [4.78, 5) is 24.5. The average Bonchev–Trinajstić information content (AvgIpc) is 3.48. The van der Waals surface area contributed by atoms with Gasteiger partial charge in [-0.1, -0.05) is 12.1 Å². The van der Waals surface area contributed by atoms with E-state index in [0.717, 1.165) is 16.3 Å². The van der Waals surface area contributed by atoms with Crippen LogP contribution in [0.5, 0.6) is 5.75 Å². The Hall–Kier alpha value is -2.46. The number of benzene rings is 1. The maximum atomic E-state index is 13.3. The van der Waals surface area contributed by atoms with Crippen molar-refractivity contribution in [2.45, 2.75) is 38.8 Å². The van der Waals surface area contributed by atoms with Gasteiger partial charge in [-0.05, 0) is 49.8 Å². The molecule has 1 aromatic carbocycles. The Balaban J connectivity index is 1.54. The van der Waals surface area contributed by atoms with E-state index in [2.05, 4.69) is 4.72 Å². The van der Waals surface area contributed by atoms with Crippen LogP contribution in [0.4, 0.5) is 4.39 Å². The minimum Gasteiger partial charge on any atom is -0.493 e. The molecule has 1 heterocycles. The predicted molar refractivity (Wildman–Crippen MR) is 106 cm³/mol. The Kier molecular flexibility index (Phi) is 6.53. The number of rotatable bonds is 10. The van der Waals surface area contributed by atoms with Gasteiger partial charge in [0.25, 0.3) is 5.56 Å². The molecule has 0 saturated heterocycles. The molecule has 158 valence electrons. The molecule has 0 aliphatic heterocycles. The molecule has 1 aromatic heterocycles. The van der Waals surface area contributed by atoms with Gasteiger partial charge in [0, 0.05) is 12.6 Å². The molecular weight excluding hydrogens is 401 g/mol. The van der Waals surface area contributed by atoms with E-state index < -0.39 is 33.1 Å². The molecule has 1 aliphatic carbocycles. The zero-order chi connectivity index (χ0) is 21.0. The predicted octanol–water partition coefficient (Wildman–Crippen LogP) is 1.54. The van der Waals surface area contributed by atoms with E-state index in [1.54, 1.807) is 6.92 Å². The Bertz CT molecular complexity index is 1080. The monoisotopic (exact) mass is 425 g/mol. The second kappa shape index (κ2) is 8.91. The number of sulfonamides is 1. The molecule has 1 saturated carbocycles. The summed E-state index contributed by atoms with van der Waals surface area (Å²) >= 11 is 0. The molecule has 2 N–H and O–H groups in total. The lowest BCUT2D eigenvalue weighted by molar-refractivity contribution is 0.299. The Labute approximate surface area is 167 Å². The lowest BCUT2D eigenvalue weighted by Gasteiger charge is -2.16. The highest BCUT2D eigenvalue weighted by atomic mass is 32.2. The van der Waals surface area contributed by atoms with Gasteiger partial charge in [0.2, 0.25) is 15.8 Å². The van der Waals surface area contributed by atoms with Gasteiger partial charge in [0.05, 0.1) is 18.6 Å². The summed E-state index contributed by atoms with van der Waals surface area (Å²) in [6.45, 7) is 2.37. The topological polar surface area (TPSA) is 110 Å². The minimum atomic E-state index is -3.63. The average molecular weight is 425 g/mol. The number of ether oxygens (including phenoxy) is 1. The van der Waals surface area contributed by atoms with Gasteiger partial charge in [-0.15, -0.1) is 0 Å². The number of halogens is 1. The van der Waals surface area contributed by atoms with Gasteiger partial charge in [0.1, 0.15) is 5.75 Å². The van der Waals surface area contributed by atoms with Crippen LogP contribution in [0.15, 0.2) is 40.1 Å². The van der Waals surface area contributed by atoms with Crippen molar-refractivity contribution >= 4 is 10.0 Å². The fraction of sp³-hybridized carbons (Fsp3) is 0.474. The molecule has 8 nitrogen and oxygen atoms in total. The van der Waals surface area contributed by atoms with Crippen LogP contribution in [-0.4, -0.2) is 30.3 Å². The first-order valence-electron chi connectivity index (χ1n) is 9.45. The zero-order valence-electron chi connectivity index (χ0n) is 16.1. The molecule has 0 radical (unpaired) electrons. The van der Waals surface area contributed by atoms with Crippen LogP contribution in [0.3, 0.4) is 0 Å². The SMILES string of the molecule is C[C@@H](NS(=O)(=O)CCCn1cc(F)c(=O)[nH]c1=O)c1cccc(OCC2CC2)c1. The van der Waals surface area contributed by atoms with Crippen LogP contribution >= 0.6 is 0 Å². The fourth-order valence-electron chi connectivity index (χ4n) is 2.84. The third-order valence-electron chi connectivity index (χ3n) is 4.68. The Morgan fingerprint density at radius 1 is 1.34 bits per heavy atom. The summed E-state index contributed by atoms with van der Waals surface area (Å²) < 4.78 is 47.3. The molecule has 1 atom stereocenters. The highest BCUT2D eigenvalue weighted by Crippen LogP contribution is 2.30. The highest BCUT2D eigenvalue weighted by molar-refractivity contribution is 7.89. The van der Waals surface area contributed by atoms with Crippen molar-refractivity contribution in [3.05, 3.63) is 62.7 Å². The lowest BCUT2D eigenvalue weighted by Crippen LogP contribution is -2.33. The van der Waals surface area contributed by atoms with Gasteiger partial charge < -0.3 is 4.74 Å². The van der Waals surface area contributed by atoms with Crippen molar-refractivity contribution in [1.82, 2.24) is 14.3 Å². The van der Waals surface area contributed by atoms with E-state index >= 15 is 0 Å². The first kappa shape index (κ1) is 21.3. The largest absolute Gasteiger partial charge is 0.493 e. The van der Waals surface area contributed by atoms with Crippen LogP contribution in [0.2, 0.25) is 0 Å². The quantitative estimate of drug-likeness (QED) is 0.600. The van der Waals surface area contributed by atoms with Gasteiger partial charge in [0.15, 0.2) is 0 Å². The summed E-state index contributed by atoms with van der Waals surface area (Å²) in [6, 6.07) is 6.84. The summed E-state index contributed by atoms with van der Waals surface area (Å²) in [6.07, 6.45) is 3.23. The second-order valence-electron chi connectivity index (χ2n) is 7.27. The number of hydrogen-bond donors (Lipinski definition) is 2. The Morgan fingerprint density at radius 2 is 2.10 bits per heavy atom. The molecule has 0 bridgehead atoms. The van der Waals surface area contributed by atoms with Crippen molar-refractivity contribution in [3.63, 3.8) is 0 Å². The van der Waals surface area contributed by atoms with Crippen molar-refractivity contribution in [1.29, 1.82) is 0 Å². The normalized spacial score (nSPS) is 15.2. The summed E-state index contributed by atoms with van der Waals surface area (Å²) in [7, 11) is -3.63. The van der Waals surface area contributed by atoms with Gasteiger partial charge in [-0.3, -0.25) is 14.3 Å². The van der Waals surface area contributed by atoms with Crippen LogP contribution in [0.25, 0.3) is 0 Å². The smallest absolute Gasteiger partial charge is 0.328 e. The van der Waals surface area contributed by atoms with Crippen LogP contribution in [0, 0.1) is 11.7 Å². The summed E-state index contributed by atoms with van der Waals surface area (Å²) in [5, 5.41) is 0. The fourth-order valence-corrected chi connectivity index (χ4v) is 4.14. The van der Waals surface area contributed by atoms with E-state index in [0.29, 0.717) is 18.3 Å². The van der Waals surface area contributed by atoms with Gasteiger partial charge in [-0.2, -0.15) is 4.39 Å². The first-order chi connectivity index (χ1) is 13.7. The molecule has 0 unspecified atom stereocenters. The second-order valence-corrected chi connectivity index (χ2v) is 9.14. The van der Waals surface area contributed by atoms with Crippen molar-refractivity contribution in [3.8, 4) is 5.75 Å². The molecular formula is C19H24FN3O5S. The minimum absolute atomic E-state index is 0.0354. The molecule has 2 aromatic rings. The molecule has 3 rings (SSSR count). The number of aryl methyl sites for hydroxylation is 1. The third kappa shape index (κ3) is 6.26. The molecule has 29 heavy (non-hydrogen) atoms. The van der Waals surface area contributed by atoms with E-state index in [1.165, 1.54) is 12.8 Å². The number of H-pyrrole nitrogens is 1.